The first-order valence-corrected chi connectivity index (χ1v) is 10.2. The fourth-order valence-electron chi connectivity index (χ4n) is 2.38. The standard InChI is InChI=1S/C15H12N2O9S2/c16-27(20,21)25-9-3-1-8(2-4-9)13-7-12(19)15-11(18)5-10(6-14(15)24-13)26-28(17,22)23/h1-7,18H,(H2,16,20,21)(H2,17,22,23). The Bertz CT molecular complexity index is 1330. The molecule has 0 saturated carbocycles. The lowest BCUT2D eigenvalue weighted by atomic mass is 10.1. The van der Waals surface area contributed by atoms with Gasteiger partial charge in [-0.3, -0.25) is 4.79 Å². The monoisotopic (exact) mass is 428 g/mol. The zero-order chi connectivity index (χ0) is 20.7. The van der Waals surface area contributed by atoms with Crippen LogP contribution < -0.4 is 24.1 Å². The number of hydrogen-bond donors (Lipinski definition) is 3. The molecule has 13 heteroatoms. The minimum absolute atomic E-state index is 0.0480. The van der Waals surface area contributed by atoms with Crippen molar-refractivity contribution in [2.75, 3.05) is 0 Å². The molecule has 1 aromatic heterocycles. The van der Waals surface area contributed by atoms with Crippen molar-refractivity contribution in [3.63, 3.8) is 0 Å². The van der Waals surface area contributed by atoms with Crippen molar-refractivity contribution in [3.8, 4) is 28.6 Å². The van der Waals surface area contributed by atoms with Gasteiger partial charge in [-0.15, -0.1) is 0 Å². The largest absolute Gasteiger partial charge is 0.507 e. The normalized spacial score (nSPS) is 12.1. The molecule has 0 amide bonds. The van der Waals surface area contributed by atoms with Crippen LogP contribution >= 0.6 is 0 Å². The Balaban J connectivity index is 2.08. The molecule has 28 heavy (non-hydrogen) atoms. The molecule has 0 aliphatic rings. The zero-order valence-electron chi connectivity index (χ0n) is 13.7. The second-order valence-corrected chi connectivity index (χ2v) is 7.77. The molecule has 0 bridgehead atoms. The molecule has 148 valence electrons. The summed E-state index contributed by atoms with van der Waals surface area (Å²) in [5, 5.41) is 19.3. The summed E-state index contributed by atoms with van der Waals surface area (Å²) in [6.07, 6.45) is 0. The van der Waals surface area contributed by atoms with Gasteiger partial charge in [-0.05, 0) is 24.3 Å². The van der Waals surface area contributed by atoms with Gasteiger partial charge in [-0.2, -0.15) is 27.1 Å². The number of hydrogen-bond acceptors (Lipinski definition) is 9. The summed E-state index contributed by atoms with van der Waals surface area (Å²) in [4.78, 5) is 12.3. The van der Waals surface area contributed by atoms with Gasteiger partial charge in [-0.25, -0.2) is 0 Å². The lowest BCUT2D eigenvalue weighted by molar-refractivity contribution is 0.466. The lowest BCUT2D eigenvalue weighted by Gasteiger charge is -2.08. The third kappa shape index (κ3) is 4.58. The van der Waals surface area contributed by atoms with Gasteiger partial charge in [-0.1, -0.05) is 0 Å². The summed E-state index contributed by atoms with van der Waals surface area (Å²) in [5.74, 6) is -0.930. The van der Waals surface area contributed by atoms with Crippen LogP contribution in [-0.4, -0.2) is 21.9 Å². The number of rotatable bonds is 5. The maximum Gasteiger partial charge on any atom is 0.380 e. The first kappa shape index (κ1) is 19.6. The van der Waals surface area contributed by atoms with Gasteiger partial charge in [0.1, 0.15) is 28.2 Å². The van der Waals surface area contributed by atoms with Crippen molar-refractivity contribution in [1.29, 1.82) is 0 Å². The number of nitrogens with two attached hydrogens (primary N) is 2. The molecule has 0 aliphatic heterocycles. The molecule has 3 rings (SSSR count). The van der Waals surface area contributed by atoms with Crippen LogP contribution in [0.1, 0.15) is 0 Å². The molecule has 0 saturated heterocycles. The maximum atomic E-state index is 12.3. The fraction of sp³-hybridized carbons (Fsp3) is 0. The van der Waals surface area contributed by atoms with Crippen molar-refractivity contribution >= 4 is 31.6 Å². The van der Waals surface area contributed by atoms with Crippen molar-refractivity contribution in [2.24, 2.45) is 10.3 Å². The fourth-order valence-corrected chi connectivity index (χ4v) is 3.12. The van der Waals surface area contributed by atoms with E-state index in [0.29, 0.717) is 5.56 Å². The minimum Gasteiger partial charge on any atom is -0.507 e. The average Bonchev–Trinajstić information content (AvgIpc) is 2.51. The van der Waals surface area contributed by atoms with E-state index in [0.717, 1.165) is 18.2 Å². The zero-order valence-corrected chi connectivity index (χ0v) is 15.4. The molecule has 2 aromatic carbocycles. The van der Waals surface area contributed by atoms with Gasteiger partial charge in [0.2, 0.25) is 0 Å². The molecule has 0 unspecified atom stereocenters. The average molecular weight is 428 g/mol. The van der Waals surface area contributed by atoms with Gasteiger partial charge >= 0.3 is 20.6 Å². The van der Waals surface area contributed by atoms with Crippen LogP contribution in [0.25, 0.3) is 22.3 Å². The summed E-state index contributed by atoms with van der Waals surface area (Å²) >= 11 is 0. The molecule has 0 fully saturated rings. The Morgan fingerprint density at radius 3 is 2.00 bits per heavy atom. The van der Waals surface area contributed by atoms with Gasteiger partial charge in [0, 0.05) is 23.8 Å². The van der Waals surface area contributed by atoms with Gasteiger partial charge in [0.05, 0.1) is 0 Å². The van der Waals surface area contributed by atoms with Crippen LogP contribution in [-0.2, 0) is 20.6 Å². The van der Waals surface area contributed by atoms with Crippen LogP contribution in [0.2, 0.25) is 0 Å². The number of phenolic OH excluding ortho intramolecular Hbond substituents is 1. The highest BCUT2D eigenvalue weighted by Crippen LogP contribution is 2.31. The van der Waals surface area contributed by atoms with E-state index in [1.165, 1.54) is 24.3 Å². The quantitative estimate of drug-likeness (QED) is 0.514. The molecule has 0 aliphatic carbocycles. The summed E-state index contributed by atoms with van der Waals surface area (Å²) in [7, 11) is -8.55. The van der Waals surface area contributed by atoms with Crippen LogP contribution in [0.3, 0.4) is 0 Å². The van der Waals surface area contributed by atoms with E-state index < -0.39 is 31.8 Å². The molecule has 1 heterocycles. The molecule has 3 aromatic rings. The Morgan fingerprint density at radius 1 is 0.857 bits per heavy atom. The highest BCUT2D eigenvalue weighted by Gasteiger charge is 2.15. The molecule has 5 N–H and O–H groups in total. The second-order valence-electron chi connectivity index (χ2n) is 5.47. The molecule has 0 spiro atoms. The number of aromatic hydroxyl groups is 1. The van der Waals surface area contributed by atoms with E-state index in [1.54, 1.807) is 0 Å². The van der Waals surface area contributed by atoms with Crippen molar-refractivity contribution < 1.29 is 34.7 Å². The minimum atomic E-state index is -4.36. The molecule has 0 radical (unpaired) electrons. The summed E-state index contributed by atoms with van der Waals surface area (Å²) < 4.78 is 58.5. The molecule has 0 atom stereocenters. The van der Waals surface area contributed by atoms with Crippen LogP contribution in [0.5, 0.6) is 17.2 Å². The van der Waals surface area contributed by atoms with Crippen LogP contribution in [0.4, 0.5) is 0 Å². The second kappa shape index (κ2) is 6.79. The van der Waals surface area contributed by atoms with E-state index >= 15 is 0 Å². The Morgan fingerprint density at radius 2 is 1.43 bits per heavy atom. The van der Waals surface area contributed by atoms with Crippen LogP contribution in [0.15, 0.2) is 51.7 Å². The predicted octanol–water partition coefficient (Wildman–Crippen LogP) is 0.330. The van der Waals surface area contributed by atoms with Crippen LogP contribution in [0, 0.1) is 0 Å². The Hall–Kier alpha value is -3.13. The van der Waals surface area contributed by atoms with Crippen molar-refractivity contribution in [2.45, 2.75) is 0 Å². The highest BCUT2D eigenvalue weighted by atomic mass is 32.2. The predicted molar refractivity (Wildman–Crippen MR) is 97.1 cm³/mol. The molecular weight excluding hydrogens is 416 g/mol. The Kier molecular flexibility index (Phi) is 4.76. The van der Waals surface area contributed by atoms with Gasteiger partial charge in [0.25, 0.3) is 0 Å². The van der Waals surface area contributed by atoms with E-state index in [4.69, 9.17) is 14.7 Å². The highest BCUT2D eigenvalue weighted by molar-refractivity contribution is 7.85. The SMILES string of the molecule is NS(=O)(=O)Oc1ccc(-c2cc(=O)c3c(O)cc(OS(N)(=O)=O)cc3o2)cc1. The summed E-state index contributed by atoms with van der Waals surface area (Å²) in [5.41, 5.74) is -0.412. The number of phenols is 1. The first-order chi connectivity index (χ1) is 12.9. The van der Waals surface area contributed by atoms with Crippen molar-refractivity contribution in [1.82, 2.24) is 0 Å². The van der Waals surface area contributed by atoms with E-state index in [1.807, 2.05) is 0 Å². The lowest BCUT2D eigenvalue weighted by Crippen LogP contribution is -2.19. The van der Waals surface area contributed by atoms with E-state index in [2.05, 4.69) is 8.37 Å². The smallest absolute Gasteiger partial charge is 0.380 e. The molecular formula is C15H12N2O9S2. The third-order valence-electron chi connectivity index (χ3n) is 3.35. The Labute approximate surface area is 158 Å². The topological polar surface area (TPSA) is 189 Å². The number of fused-ring (bicyclic) bond motifs is 1. The van der Waals surface area contributed by atoms with E-state index in [-0.39, 0.29) is 28.2 Å². The van der Waals surface area contributed by atoms with Gasteiger partial charge < -0.3 is 17.9 Å². The summed E-state index contributed by atoms with van der Waals surface area (Å²) in [6.45, 7) is 0. The first-order valence-electron chi connectivity index (χ1n) is 7.27. The third-order valence-corrected chi connectivity index (χ3v) is 4.20. The maximum absolute atomic E-state index is 12.3. The van der Waals surface area contributed by atoms with Gasteiger partial charge in [0.15, 0.2) is 11.2 Å². The van der Waals surface area contributed by atoms with E-state index in [9.17, 15) is 26.7 Å². The number of benzene rings is 2. The van der Waals surface area contributed by atoms with Crippen molar-refractivity contribution in [3.05, 3.63) is 52.7 Å². The summed E-state index contributed by atoms with van der Waals surface area (Å²) in [6, 6.07) is 8.43. The molecule has 11 nitrogen and oxygen atoms in total.